The minimum absolute atomic E-state index is 0. The molecule has 0 aliphatic carbocycles. The molecule has 1 aliphatic rings. The summed E-state index contributed by atoms with van der Waals surface area (Å²) in [6, 6.07) is 10.7. The molecule has 1 aliphatic heterocycles. The first-order valence-corrected chi connectivity index (χ1v) is 10.1. The number of methoxy groups -OCH3 is 1. The summed E-state index contributed by atoms with van der Waals surface area (Å²) in [6.45, 7) is 9.07. The molecule has 0 atom stereocenters. The Morgan fingerprint density at radius 3 is 2.46 bits per heavy atom. The normalized spacial score (nSPS) is 16.0. The highest BCUT2D eigenvalue weighted by Crippen LogP contribution is 2.21. The number of likely N-dealkylation sites (tertiary alicyclic amines) is 1. The summed E-state index contributed by atoms with van der Waals surface area (Å²) in [5.41, 5.74) is 1.55. The van der Waals surface area contributed by atoms with Crippen molar-refractivity contribution < 1.29 is 9.47 Å². The van der Waals surface area contributed by atoms with Gasteiger partial charge in [0.2, 0.25) is 0 Å². The van der Waals surface area contributed by atoms with E-state index in [1.54, 1.807) is 7.11 Å². The Balaban J connectivity index is 0.00000392. The smallest absolute Gasteiger partial charge is 0.193 e. The number of hydrogen-bond donors (Lipinski definition) is 1. The van der Waals surface area contributed by atoms with Crippen LogP contribution in [0.1, 0.15) is 38.7 Å². The maximum Gasteiger partial charge on any atom is 0.193 e. The fraction of sp³-hybridized carbons (Fsp3) is 0.682. The van der Waals surface area contributed by atoms with E-state index in [2.05, 4.69) is 59.4 Å². The molecule has 160 valence electrons. The summed E-state index contributed by atoms with van der Waals surface area (Å²) in [7, 11) is 3.61. The molecule has 6 heteroatoms. The second-order valence-corrected chi connectivity index (χ2v) is 8.13. The number of aliphatic imine (C=N–C) groups is 1. The first kappa shape index (κ1) is 25.2. The van der Waals surface area contributed by atoms with Gasteiger partial charge in [0.05, 0.1) is 6.10 Å². The minimum Gasteiger partial charge on any atom is -0.385 e. The lowest BCUT2D eigenvalue weighted by molar-refractivity contribution is 0.00984. The van der Waals surface area contributed by atoms with Crippen molar-refractivity contribution >= 4 is 29.9 Å². The van der Waals surface area contributed by atoms with E-state index in [4.69, 9.17) is 9.47 Å². The third-order valence-corrected chi connectivity index (χ3v) is 5.05. The van der Waals surface area contributed by atoms with Crippen molar-refractivity contribution in [1.82, 2.24) is 10.2 Å². The SMILES string of the molecule is CN=C(NCC(C)(C)Cc1ccccc1)N1CCC(OCCCOC)CC1.I. The summed E-state index contributed by atoms with van der Waals surface area (Å²) in [4.78, 5) is 6.86. The summed E-state index contributed by atoms with van der Waals surface area (Å²) in [5, 5.41) is 3.59. The minimum atomic E-state index is 0. The van der Waals surface area contributed by atoms with Crippen molar-refractivity contribution in [3.05, 3.63) is 35.9 Å². The van der Waals surface area contributed by atoms with Crippen LogP contribution in [0.2, 0.25) is 0 Å². The van der Waals surface area contributed by atoms with Crippen LogP contribution in [0.5, 0.6) is 0 Å². The van der Waals surface area contributed by atoms with Gasteiger partial charge in [0, 0.05) is 47.0 Å². The molecule has 5 nitrogen and oxygen atoms in total. The fourth-order valence-corrected chi connectivity index (χ4v) is 3.55. The highest BCUT2D eigenvalue weighted by atomic mass is 127. The number of nitrogens with zero attached hydrogens (tertiary/aromatic N) is 2. The molecular weight excluding hydrogens is 465 g/mol. The first-order chi connectivity index (χ1) is 13.0. The fourth-order valence-electron chi connectivity index (χ4n) is 3.55. The van der Waals surface area contributed by atoms with Crippen molar-refractivity contribution in [3.63, 3.8) is 0 Å². The molecule has 1 heterocycles. The molecule has 0 aromatic heterocycles. The number of hydrogen-bond acceptors (Lipinski definition) is 3. The third-order valence-electron chi connectivity index (χ3n) is 5.05. The monoisotopic (exact) mass is 503 g/mol. The molecule has 1 aromatic rings. The Morgan fingerprint density at radius 2 is 1.86 bits per heavy atom. The van der Waals surface area contributed by atoms with Crippen molar-refractivity contribution in [2.24, 2.45) is 10.4 Å². The van der Waals surface area contributed by atoms with Crippen molar-refractivity contribution in [3.8, 4) is 0 Å². The molecule has 1 saturated heterocycles. The van der Waals surface area contributed by atoms with Gasteiger partial charge in [0.15, 0.2) is 5.96 Å². The molecule has 1 N–H and O–H groups in total. The number of rotatable bonds is 9. The van der Waals surface area contributed by atoms with E-state index in [1.165, 1.54) is 5.56 Å². The van der Waals surface area contributed by atoms with Crippen LogP contribution in [0.4, 0.5) is 0 Å². The standard InChI is InChI=1S/C22H37N3O2.HI/c1-22(2,17-19-9-6-5-7-10-19)18-24-21(23-3)25-13-11-20(12-14-25)27-16-8-15-26-4;/h5-7,9-10,20H,8,11-18H2,1-4H3,(H,23,24);1H. The van der Waals surface area contributed by atoms with E-state index in [0.29, 0.717) is 6.10 Å². The maximum absolute atomic E-state index is 5.96. The van der Waals surface area contributed by atoms with Crippen LogP contribution in [-0.2, 0) is 15.9 Å². The van der Waals surface area contributed by atoms with Crippen LogP contribution in [0.3, 0.4) is 0 Å². The Morgan fingerprint density at radius 1 is 1.18 bits per heavy atom. The molecule has 0 bridgehead atoms. The quantitative estimate of drug-likeness (QED) is 0.240. The first-order valence-electron chi connectivity index (χ1n) is 10.1. The summed E-state index contributed by atoms with van der Waals surface area (Å²) in [5.74, 6) is 1.01. The molecule has 1 aromatic carbocycles. The largest absolute Gasteiger partial charge is 0.385 e. The summed E-state index contributed by atoms with van der Waals surface area (Å²) < 4.78 is 11.0. The number of halogens is 1. The number of ether oxygens (including phenoxy) is 2. The van der Waals surface area contributed by atoms with E-state index in [-0.39, 0.29) is 29.4 Å². The molecule has 28 heavy (non-hydrogen) atoms. The molecule has 0 saturated carbocycles. The Bertz CT molecular complexity index is 558. The predicted octanol–water partition coefficient (Wildman–Crippen LogP) is 3.97. The Kier molecular flexibility index (Phi) is 12.0. The van der Waals surface area contributed by atoms with Gasteiger partial charge in [-0.15, -0.1) is 24.0 Å². The molecular formula is C22H38IN3O2. The number of piperidine rings is 1. The predicted molar refractivity (Wildman–Crippen MR) is 128 cm³/mol. The van der Waals surface area contributed by atoms with Gasteiger partial charge in [0.1, 0.15) is 0 Å². The van der Waals surface area contributed by atoms with Gasteiger partial charge in [-0.1, -0.05) is 44.2 Å². The third kappa shape index (κ3) is 9.09. The molecule has 0 spiro atoms. The lowest BCUT2D eigenvalue weighted by Crippen LogP contribution is -2.49. The number of benzene rings is 1. The van der Waals surface area contributed by atoms with Gasteiger partial charge in [-0.2, -0.15) is 0 Å². The second-order valence-electron chi connectivity index (χ2n) is 8.13. The zero-order valence-electron chi connectivity index (χ0n) is 17.9. The highest BCUT2D eigenvalue weighted by Gasteiger charge is 2.24. The van der Waals surface area contributed by atoms with Gasteiger partial charge in [0.25, 0.3) is 0 Å². The maximum atomic E-state index is 5.96. The zero-order chi connectivity index (χ0) is 19.5. The number of nitrogens with one attached hydrogen (secondary N) is 1. The lowest BCUT2D eigenvalue weighted by Gasteiger charge is -2.35. The van der Waals surface area contributed by atoms with Gasteiger partial charge in [-0.25, -0.2) is 0 Å². The average Bonchev–Trinajstić information content (AvgIpc) is 2.67. The summed E-state index contributed by atoms with van der Waals surface area (Å²) in [6.07, 6.45) is 4.50. The van der Waals surface area contributed by atoms with Crippen LogP contribution in [0.25, 0.3) is 0 Å². The molecule has 0 unspecified atom stereocenters. The van der Waals surface area contributed by atoms with E-state index in [9.17, 15) is 0 Å². The van der Waals surface area contributed by atoms with Crippen LogP contribution in [0, 0.1) is 5.41 Å². The van der Waals surface area contributed by atoms with Crippen LogP contribution < -0.4 is 5.32 Å². The molecule has 2 rings (SSSR count). The second kappa shape index (κ2) is 13.4. The van der Waals surface area contributed by atoms with Crippen LogP contribution >= 0.6 is 24.0 Å². The Hall–Kier alpha value is -0.860. The van der Waals surface area contributed by atoms with Crippen molar-refractivity contribution in [2.75, 3.05) is 47.0 Å². The zero-order valence-corrected chi connectivity index (χ0v) is 20.3. The van der Waals surface area contributed by atoms with E-state index >= 15 is 0 Å². The number of guanidine groups is 1. The summed E-state index contributed by atoms with van der Waals surface area (Å²) >= 11 is 0. The topological polar surface area (TPSA) is 46.1 Å². The van der Waals surface area contributed by atoms with Crippen molar-refractivity contribution in [1.29, 1.82) is 0 Å². The molecule has 0 amide bonds. The van der Waals surface area contributed by atoms with Crippen LogP contribution in [-0.4, -0.2) is 64.0 Å². The Labute approximate surface area is 188 Å². The van der Waals surface area contributed by atoms with E-state index in [0.717, 1.165) is 64.5 Å². The average molecular weight is 503 g/mol. The van der Waals surface area contributed by atoms with Gasteiger partial charge in [-0.3, -0.25) is 4.99 Å². The van der Waals surface area contributed by atoms with Gasteiger partial charge >= 0.3 is 0 Å². The van der Waals surface area contributed by atoms with Gasteiger partial charge in [-0.05, 0) is 36.7 Å². The van der Waals surface area contributed by atoms with E-state index in [1.807, 2.05) is 7.05 Å². The lowest BCUT2D eigenvalue weighted by atomic mass is 9.86. The molecule has 1 fully saturated rings. The van der Waals surface area contributed by atoms with E-state index < -0.39 is 0 Å². The van der Waals surface area contributed by atoms with Crippen LogP contribution in [0.15, 0.2) is 35.3 Å². The van der Waals surface area contributed by atoms with Gasteiger partial charge < -0.3 is 19.7 Å². The highest BCUT2D eigenvalue weighted by molar-refractivity contribution is 14.0. The van der Waals surface area contributed by atoms with Crippen molar-refractivity contribution in [2.45, 2.75) is 45.6 Å². The molecule has 0 radical (unpaired) electrons.